The van der Waals surface area contributed by atoms with Crippen LogP contribution in [0.2, 0.25) is 0 Å². The van der Waals surface area contributed by atoms with Crippen molar-refractivity contribution in [1.29, 1.82) is 0 Å². The summed E-state index contributed by atoms with van der Waals surface area (Å²) in [5.74, 6) is 0. The maximum atomic E-state index is 11.6. The molecule has 1 aliphatic carbocycles. The van der Waals surface area contributed by atoms with Gasteiger partial charge >= 0.3 is 6.03 Å². The van der Waals surface area contributed by atoms with Crippen LogP contribution in [0.5, 0.6) is 0 Å². The topological polar surface area (TPSA) is 67.2 Å². The zero-order chi connectivity index (χ0) is 11.8. The van der Waals surface area contributed by atoms with Crippen LogP contribution < -0.4 is 16.4 Å². The van der Waals surface area contributed by atoms with Crippen molar-refractivity contribution in [2.24, 2.45) is 5.73 Å². The van der Waals surface area contributed by atoms with Gasteiger partial charge in [0.1, 0.15) is 0 Å². The first-order valence-corrected chi connectivity index (χ1v) is 6.54. The van der Waals surface area contributed by atoms with E-state index in [-0.39, 0.29) is 18.1 Å². The van der Waals surface area contributed by atoms with Crippen LogP contribution in [0.1, 0.15) is 51.9 Å². The van der Waals surface area contributed by atoms with Crippen LogP contribution in [-0.4, -0.2) is 24.7 Å². The van der Waals surface area contributed by atoms with Gasteiger partial charge in [-0.15, -0.1) is 0 Å². The van der Waals surface area contributed by atoms with Gasteiger partial charge in [-0.2, -0.15) is 0 Å². The van der Waals surface area contributed by atoms with Gasteiger partial charge in [-0.25, -0.2) is 4.79 Å². The molecule has 4 heteroatoms. The Morgan fingerprint density at radius 2 is 2.06 bits per heavy atom. The molecule has 0 heterocycles. The second-order valence-corrected chi connectivity index (χ2v) is 4.66. The average molecular weight is 227 g/mol. The number of nitrogens with two attached hydrogens (primary N) is 1. The van der Waals surface area contributed by atoms with E-state index in [1.807, 2.05) is 0 Å². The fourth-order valence-corrected chi connectivity index (χ4v) is 2.11. The Bertz CT molecular complexity index is 208. The predicted molar refractivity (Wildman–Crippen MR) is 66.3 cm³/mol. The first kappa shape index (κ1) is 13.3. The molecule has 4 nitrogen and oxygen atoms in total. The van der Waals surface area contributed by atoms with E-state index in [0.717, 1.165) is 32.2 Å². The summed E-state index contributed by atoms with van der Waals surface area (Å²) in [6, 6.07) is 0.222. The largest absolute Gasteiger partial charge is 0.338 e. The molecule has 2 unspecified atom stereocenters. The van der Waals surface area contributed by atoms with E-state index in [9.17, 15) is 4.79 Å². The molecule has 0 bridgehead atoms. The molecule has 0 aliphatic heterocycles. The summed E-state index contributed by atoms with van der Waals surface area (Å²) in [5.41, 5.74) is 6.04. The number of hydrogen-bond acceptors (Lipinski definition) is 2. The number of urea groups is 1. The lowest BCUT2D eigenvalue weighted by Crippen LogP contribution is -2.50. The van der Waals surface area contributed by atoms with E-state index < -0.39 is 0 Å². The van der Waals surface area contributed by atoms with Gasteiger partial charge in [0.2, 0.25) is 0 Å². The van der Waals surface area contributed by atoms with Crippen molar-refractivity contribution in [3.63, 3.8) is 0 Å². The molecule has 0 aromatic heterocycles. The number of unbranched alkanes of at least 4 members (excludes halogenated alkanes) is 1. The van der Waals surface area contributed by atoms with E-state index in [1.54, 1.807) is 0 Å². The van der Waals surface area contributed by atoms with Crippen molar-refractivity contribution in [2.45, 2.75) is 64.0 Å². The van der Waals surface area contributed by atoms with E-state index in [4.69, 9.17) is 5.73 Å². The molecule has 0 radical (unpaired) electrons. The Kier molecular flexibility index (Phi) is 6.23. The minimum Gasteiger partial charge on any atom is -0.338 e. The highest BCUT2D eigenvalue weighted by Gasteiger charge is 2.21. The van der Waals surface area contributed by atoms with Crippen LogP contribution in [-0.2, 0) is 0 Å². The van der Waals surface area contributed by atoms with Crippen molar-refractivity contribution in [3.8, 4) is 0 Å². The lowest BCUT2D eigenvalue weighted by atomic mass is 10.0. The van der Waals surface area contributed by atoms with Gasteiger partial charge in [-0.1, -0.05) is 32.6 Å². The average Bonchev–Trinajstić information content (AvgIpc) is 2.45. The summed E-state index contributed by atoms with van der Waals surface area (Å²) in [6.45, 7) is 2.87. The number of hydrogen-bond donors (Lipinski definition) is 3. The highest BCUT2D eigenvalue weighted by Crippen LogP contribution is 2.16. The normalized spacial score (nSPS) is 25.9. The Hall–Kier alpha value is -0.770. The molecule has 1 rings (SSSR count). The van der Waals surface area contributed by atoms with Crippen LogP contribution in [0, 0.1) is 0 Å². The molecule has 2 atom stereocenters. The molecule has 16 heavy (non-hydrogen) atoms. The van der Waals surface area contributed by atoms with Crippen LogP contribution in [0.25, 0.3) is 0 Å². The Morgan fingerprint density at radius 3 is 2.81 bits per heavy atom. The van der Waals surface area contributed by atoms with Crippen molar-refractivity contribution >= 4 is 6.03 Å². The summed E-state index contributed by atoms with van der Waals surface area (Å²) >= 11 is 0. The zero-order valence-corrected chi connectivity index (χ0v) is 10.3. The summed E-state index contributed by atoms with van der Waals surface area (Å²) in [4.78, 5) is 11.6. The van der Waals surface area contributed by atoms with E-state index in [1.165, 1.54) is 19.3 Å². The van der Waals surface area contributed by atoms with E-state index >= 15 is 0 Å². The SMILES string of the molecule is CCCCNC(=O)NC1CCCCCC1N. The second kappa shape index (κ2) is 7.49. The highest BCUT2D eigenvalue weighted by atomic mass is 16.2. The van der Waals surface area contributed by atoms with Gasteiger partial charge in [0.15, 0.2) is 0 Å². The van der Waals surface area contributed by atoms with Crippen LogP contribution in [0.4, 0.5) is 4.79 Å². The summed E-state index contributed by atoms with van der Waals surface area (Å²) in [5, 5.41) is 5.86. The van der Waals surface area contributed by atoms with Gasteiger partial charge in [-0.05, 0) is 19.3 Å². The third-order valence-corrected chi connectivity index (χ3v) is 3.20. The lowest BCUT2D eigenvalue weighted by molar-refractivity contribution is 0.233. The first-order valence-electron chi connectivity index (χ1n) is 6.54. The molecular formula is C12H25N3O. The summed E-state index contributed by atoms with van der Waals surface area (Å²) in [7, 11) is 0. The fourth-order valence-electron chi connectivity index (χ4n) is 2.11. The molecule has 1 saturated carbocycles. The predicted octanol–water partition coefficient (Wildman–Crippen LogP) is 1.75. The lowest BCUT2D eigenvalue weighted by Gasteiger charge is -2.22. The number of carbonyl (C=O) groups excluding carboxylic acids is 1. The second-order valence-electron chi connectivity index (χ2n) is 4.66. The highest BCUT2D eigenvalue weighted by molar-refractivity contribution is 5.74. The molecule has 0 spiro atoms. The van der Waals surface area contributed by atoms with E-state index in [2.05, 4.69) is 17.6 Å². The zero-order valence-electron chi connectivity index (χ0n) is 10.3. The maximum absolute atomic E-state index is 11.6. The number of carbonyl (C=O) groups is 1. The van der Waals surface area contributed by atoms with Crippen LogP contribution in [0.15, 0.2) is 0 Å². The minimum absolute atomic E-state index is 0.0594. The van der Waals surface area contributed by atoms with Gasteiger partial charge in [0.05, 0.1) is 0 Å². The molecule has 0 saturated heterocycles. The minimum atomic E-state index is -0.0594. The van der Waals surface area contributed by atoms with Gasteiger partial charge in [0, 0.05) is 18.6 Å². The quantitative estimate of drug-likeness (QED) is 0.506. The molecule has 1 fully saturated rings. The van der Waals surface area contributed by atoms with Crippen molar-refractivity contribution < 1.29 is 4.79 Å². The maximum Gasteiger partial charge on any atom is 0.315 e. The van der Waals surface area contributed by atoms with Crippen molar-refractivity contribution in [3.05, 3.63) is 0 Å². The van der Waals surface area contributed by atoms with Gasteiger partial charge in [0.25, 0.3) is 0 Å². The molecular weight excluding hydrogens is 202 g/mol. The number of amides is 2. The number of rotatable bonds is 4. The molecule has 4 N–H and O–H groups in total. The van der Waals surface area contributed by atoms with Gasteiger partial charge < -0.3 is 16.4 Å². The Morgan fingerprint density at radius 1 is 1.31 bits per heavy atom. The third kappa shape index (κ3) is 4.84. The monoisotopic (exact) mass is 227 g/mol. The molecule has 2 amide bonds. The first-order chi connectivity index (χ1) is 7.74. The van der Waals surface area contributed by atoms with Gasteiger partial charge in [-0.3, -0.25) is 0 Å². The third-order valence-electron chi connectivity index (χ3n) is 3.20. The standard InChI is InChI=1S/C12H25N3O/c1-2-3-9-14-12(16)15-11-8-6-4-5-7-10(11)13/h10-11H,2-9,13H2,1H3,(H2,14,15,16). The van der Waals surface area contributed by atoms with Crippen molar-refractivity contribution in [2.75, 3.05) is 6.54 Å². The Balaban J connectivity index is 2.25. The molecule has 0 aromatic carbocycles. The molecule has 0 aromatic rings. The van der Waals surface area contributed by atoms with Crippen LogP contribution >= 0.6 is 0 Å². The summed E-state index contributed by atoms with van der Waals surface area (Å²) in [6.07, 6.45) is 7.78. The van der Waals surface area contributed by atoms with Crippen molar-refractivity contribution in [1.82, 2.24) is 10.6 Å². The molecule has 94 valence electrons. The smallest absolute Gasteiger partial charge is 0.315 e. The summed E-state index contributed by atoms with van der Waals surface area (Å²) < 4.78 is 0. The number of nitrogens with one attached hydrogen (secondary N) is 2. The fraction of sp³-hybridized carbons (Fsp3) is 0.917. The molecule has 1 aliphatic rings. The van der Waals surface area contributed by atoms with E-state index in [0.29, 0.717) is 0 Å². The Labute approximate surface area is 98.3 Å². The van der Waals surface area contributed by atoms with Crippen LogP contribution in [0.3, 0.4) is 0 Å².